The number of carboxylic acid groups (broad SMARTS) is 4. The Morgan fingerprint density at radius 2 is 0.706 bits per heavy atom. The van der Waals surface area contributed by atoms with Crippen LogP contribution in [0.25, 0.3) is 44.4 Å². The minimum absolute atomic E-state index is 0.216. The van der Waals surface area contributed by atoms with E-state index in [1.807, 2.05) is 0 Å². The summed E-state index contributed by atoms with van der Waals surface area (Å²) >= 11 is 0. The van der Waals surface area contributed by atoms with E-state index in [1.54, 1.807) is 0 Å². The lowest BCUT2D eigenvalue weighted by Gasteiger charge is -2.11. The van der Waals surface area contributed by atoms with Gasteiger partial charge in [-0.15, -0.1) is 0 Å². The second-order valence-electron chi connectivity index (χ2n) is 15.1. The molecule has 362 valence electrons. The first-order chi connectivity index (χ1) is 32.1. The Bertz CT molecular complexity index is 2830. The lowest BCUT2D eigenvalue weighted by molar-refractivity contribution is -0.147. The molecule has 8 bridgehead atoms. The van der Waals surface area contributed by atoms with E-state index >= 15 is 17.6 Å². The number of halogens is 4. The summed E-state index contributed by atoms with van der Waals surface area (Å²) in [5.74, 6) is -11.6. The topological polar surface area (TPSA) is 312 Å². The van der Waals surface area contributed by atoms with Crippen LogP contribution in [0.5, 0.6) is 0 Å². The van der Waals surface area contributed by atoms with E-state index in [0.717, 1.165) is 52.7 Å². The van der Waals surface area contributed by atoms with E-state index in [1.165, 1.54) is 0 Å². The molecule has 3 aromatic heterocycles. The smallest absolute Gasteiger partial charge is 0.340 e. The van der Waals surface area contributed by atoms with Gasteiger partial charge in [0.2, 0.25) is 24.7 Å². The average Bonchev–Trinajstić information content (AvgIpc) is 3.96. The zero-order valence-electron chi connectivity index (χ0n) is 36.4. The molecule has 0 radical (unpaired) electrons. The number of hydrogen-bond donors (Lipinski definition) is 6. The number of carboxylic acids is 4. The first kappa shape index (κ1) is 51.1. The van der Waals surface area contributed by atoms with Gasteiger partial charge in [0.25, 0.3) is 0 Å². The lowest BCUT2D eigenvalue weighted by atomic mass is 9.94. The van der Waals surface area contributed by atoms with E-state index in [9.17, 15) is 58.8 Å². The predicted molar refractivity (Wildman–Crippen MR) is 226 cm³/mol. The predicted octanol–water partition coefficient (Wildman–Crippen LogP) is 4.25. The fraction of sp³-hybridized carbons (Fsp3) is 0.364. The maximum atomic E-state index is 15.7. The van der Waals surface area contributed by atoms with Gasteiger partial charge >= 0.3 is 47.8 Å². The number of H-pyrrole nitrogens is 2. The first-order valence-electron chi connectivity index (χ1n) is 20.1. The molecule has 24 heteroatoms. The molecule has 5 heterocycles. The van der Waals surface area contributed by atoms with Gasteiger partial charge in [-0.1, -0.05) is 0 Å². The Hall–Kier alpha value is -7.92. The van der Waals surface area contributed by atoms with Crippen LogP contribution in [0.3, 0.4) is 0 Å². The molecule has 2 aliphatic rings. The number of ether oxygens (including phenoxy) is 4. The van der Waals surface area contributed by atoms with Crippen LogP contribution in [0, 0.1) is 0 Å². The maximum absolute atomic E-state index is 15.7. The van der Waals surface area contributed by atoms with Crippen molar-refractivity contribution in [3.8, 4) is 0 Å². The van der Waals surface area contributed by atoms with Crippen molar-refractivity contribution in [2.24, 2.45) is 0 Å². The van der Waals surface area contributed by atoms with Gasteiger partial charge in [-0.25, -0.2) is 46.7 Å². The second-order valence-corrected chi connectivity index (χ2v) is 15.1. The number of methoxy groups -OCH3 is 4. The number of rotatable bonds is 20. The van der Waals surface area contributed by atoms with Gasteiger partial charge in [-0.2, -0.15) is 0 Å². The number of esters is 4. The van der Waals surface area contributed by atoms with Crippen LogP contribution in [0.15, 0.2) is 24.3 Å². The van der Waals surface area contributed by atoms with Crippen molar-refractivity contribution < 1.29 is 95.3 Å². The molecule has 0 aromatic carbocycles. The number of alkyl halides is 4. The van der Waals surface area contributed by atoms with Gasteiger partial charge in [-0.3, -0.25) is 19.2 Å². The highest BCUT2D eigenvalue weighted by Gasteiger charge is 2.33. The highest BCUT2D eigenvalue weighted by atomic mass is 19.1. The number of hydrogen-bond acceptors (Lipinski definition) is 14. The zero-order valence-corrected chi connectivity index (χ0v) is 36.4. The number of nitrogens with one attached hydrogen (secondary N) is 2. The molecule has 6 N–H and O–H groups in total. The van der Waals surface area contributed by atoms with Crippen LogP contribution in [0.4, 0.5) is 17.6 Å². The summed E-state index contributed by atoms with van der Waals surface area (Å²) in [4.78, 5) is 114. The van der Waals surface area contributed by atoms with Crippen molar-refractivity contribution in [3.63, 3.8) is 0 Å². The lowest BCUT2D eigenvalue weighted by Crippen LogP contribution is -2.20. The molecule has 0 saturated carbocycles. The summed E-state index contributed by atoms with van der Waals surface area (Å²) in [6, 6.07) is 4.37. The third kappa shape index (κ3) is 11.5. The summed E-state index contributed by atoms with van der Waals surface area (Å²) in [5, 5.41) is 40.5. The summed E-state index contributed by atoms with van der Waals surface area (Å²) < 4.78 is 80.8. The number of allylic oxidation sites excluding steroid dienone is 2. The van der Waals surface area contributed by atoms with Crippen LogP contribution in [-0.2, 0) is 83.0 Å². The fourth-order valence-corrected chi connectivity index (χ4v) is 7.79. The number of nitrogens with zero attached hydrogens (tertiary/aromatic N) is 2. The monoisotopic (exact) mass is 958 g/mol. The van der Waals surface area contributed by atoms with Gasteiger partial charge in [0, 0.05) is 47.8 Å². The molecule has 68 heavy (non-hydrogen) atoms. The van der Waals surface area contributed by atoms with Gasteiger partial charge in [0.05, 0.1) is 76.9 Å². The molecule has 5 rings (SSSR count). The van der Waals surface area contributed by atoms with Crippen molar-refractivity contribution in [2.75, 3.05) is 28.4 Å². The Morgan fingerprint density at radius 1 is 0.426 bits per heavy atom. The van der Waals surface area contributed by atoms with Crippen LogP contribution in [-0.4, -0.2) is 141 Å². The van der Waals surface area contributed by atoms with Crippen molar-refractivity contribution in [3.05, 3.63) is 69.3 Å². The summed E-state index contributed by atoms with van der Waals surface area (Å²) in [6.45, 7) is 0. The molecule has 2 aliphatic heterocycles. The van der Waals surface area contributed by atoms with Crippen molar-refractivity contribution in [2.45, 2.75) is 76.1 Å². The molecule has 0 spiro atoms. The van der Waals surface area contributed by atoms with Crippen LogP contribution < -0.4 is 0 Å². The number of fused-ring (bicyclic) bond motifs is 8. The molecular formula is C44H42F4N4O16. The Kier molecular flexibility index (Phi) is 16.2. The molecule has 3 aromatic rings. The third-order valence-corrected chi connectivity index (χ3v) is 10.8. The molecule has 0 aliphatic carbocycles. The minimum atomic E-state index is -2.48. The van der Waals surface area contributed by atoms with Crippen LogP contribution >= 0.6 is 0 Å². The largest absolute Gasteiger partial charge is 0.481 e. The summed E-state index contributed by atoms with van der Waals surface area (Å²) in [7, 11) is 3.52. The second kappa shape index (κ2) is 21.6. The summed E-state index contributed by atoms with van der Waals surface area (Å²) in [5.41, 5.74) is -4.35. The van der Waals surface area contributed by atoms with Gasteiger partial charge < -0.3 is 49.3 Å². The number of carbonyl (C=O) groups is 8. The van der Waals surface area contributed by atoms with E-state index in [2.05, 4.69) is 38.9 Å². The molecule has 0 fully saturated rings. The van der Waals surface area contributed by atoms with Crippen LogP contribution in [0.2, 0.25) is 0 Å². The first-order valence-corrected chi connectivity index (χ1v) is 20.1. The number of aliphatic carboxylic acids is 4. The van der Waals surface area contributed by atoms with E-state index in [0.29, 0.717) is 0 Å². The Balaban J connectivity index is 2.14. The van der Waals surface area contributed by atoms with Gasteiger partial charge in [-0.05, 0) is 68.8 Å². The van der Waals surface area contributed by atoms with Gasteiger partial charge in [0.1, 0.15) is 0 Å². The van der Waals surface area contributed by atoms with Crippen molar-refractivity contribution >= 4 is 92.1 Å². The molecule has 0 saturated heterocycles. The maximum Gasteiger partial charge on any atom is 0.340 e. The van der Waals surface area contributed by atoms with Crippen molar-refractivity contribution in [1.29, 1.82) is 0 Å². The molecule has 4 atom stereocenters. The van der Waals surface area contributed by atoms with E-state index in [4.69, 9.17) is 0 Å². The van der Waals surface area contributed by atoms with Crippen LogP contribution in [0.1, 0.15) is 70.7 Å². The average molecular weight is 959 g/mol. The molecule has 0 amide bonds. The summed E-state index contributed by atoms with van der Waals surface area (Å²) in [6.07, 6.45) is -17.3. The highest BCUT2D eigenvalue weighted by Crippen LogP contribution is 2.41. The normalized spacial score (nSPS) is 14.1. The van der Waals surface area contributed by atoms with E-state index in [-0.39, 0.29) is 89.4 Å². The SMILES string of the molecule is COC(=O)C(F)CC1=C(CC(=O)O)c2cc3[nH]c(cc4[nH]c(cc5nc(cc1n2)C(CC(=O)O)=C5CC(F)C(=O)OC)c(CC(=O)O)c4CC(F)C(=O)OC)c(CC(=O)O)c3CC(F)C(=O)OC. The Morgan fingerprint density at radius 3 is 1.06 bits per heavy atom. The molecule has 20 nitrogen and oxygen atoms in total. The minimum Gasteiger partial charge on any atom is -0.481 e. The van der Waals surface area contributed by atoms with E-state index < -0.39 is 124 Å². The Labute approximate surface area is 380 Å². The number of aromatic amines is 2. The van der Waals surface area contributed by atoms with Gasteiger partial charge in [0.15, 0.2) is 0 Å². The number of aromatic nitrogens is 4. The third-order valence-electron chi connectivity index (χ3n) is 10.8. The fourth-order valence-electron chi connectivity index (χ4n) is 7.79. The number of carbonyl (C=O) groups excluding carboxylic acids is 4. The standard InChI is InChI=1S/C44H42F4N4O16/c1-65-41(61)25(45)5-17-21(9-37(53)54)33-14-30-19(7-27(47)43(63)67-3)23(11-39(57)58)35(51-30)16-32-20(8-28(48)44(64)68-4)24(12-40(59)60)36(52-32)15-31-18(6-26(46)42(62)66-2)22(10-38(55)56)34(50-31)13-29(17)49-33/h13-16,25-28,49-50H,5-12H2,1-4H3,(H,53,54)(H,55,56)(H,57,58)(H,59,60). The zero-order chi connectivity index (χ0) is 50.3. The highest BCUT2D eigenvalue weighted by molar-refractivity contribution is 6.03. The molecular weight excluding hydrogens is 916 g/mol. The van der Waals surface area contributed by atoms with Crippen molar-refractivity contribution in [1.82, 2.24) is 19.9 Å². The molecule has 4 unspecified atom stereocenters. The quantitative estimate of drug-likeness (QED) is 0.0524.